The Hall–Kier alpha value is -2.34. The minimum absolute atomic E-state index is 0.120. The summed E-state index contributed by atoms with van der Waals surface area (Å²) in [4.78, 5) is 14.6. The second-order valence-corrected chi connectivity index (χ2v) is 8.08. The van der Waals surface area contributed by atoms with Crippen LogP contribution in [0.25, 0.3) is 0 Å². The van der Waals surface area contributed by atoms with E-state index in [1.165, 1.54) is 31.5 Å². The van der Waals surface area contributed by atoms with Crippen LogP contribution in [0.5, 0.6) is 0 Å². The topological polar surface area (TPSA) is 62.2 Å². The van der Waals surface area contributed by atoms with Gasteiger partial charge in [-0.15, -0.1) is 0 Å². The second-order valence-electron chi connectivity index (χ2n) is 8.08. The molecular weight excluding hydrogens is 350 g/mol. The van der Waals surface area contributed by atoms with E-state index in [1.807, 2.05) is 11.6 Å². The molecule has 1 atom stereocenters. The molecule has 3 rings (SSSR count). The number of aryl methyl sites for hydroxylation is 2. The average Bonchev–Trinajstić information content (AvgIpc) is 3.28. The summed E-state index contributed by atoms with van der Waals surface area (Å²) in [5.74, 6) is 0.313. The zero-order valence-electron chi connectivity index (χ0n) is 17.4. The van der Waals surface area contributed by atoms with Gasteiger partial charge in [0.25, 0.3) is 0 Å². The van der Waals surface area contributed by atoms with Crippen molar-refractivity contribution in [2.24, 2.45) is 5.92 Å². The quantitative estimate of drug-likeness (QED) is 0.736. The molecule has 1 aromatic carbocycles. The van der Waals surface area contributed by atoms with E-state index in [0.29, 0.717) is 19.0 Å². The lowest BCUT2D eigenvalue weighted by atomic mass is 10.1. The summed E-state index contributed by atoms with van der Waals surface area (Å²) < 4.78 is 2.01. The molecule has 6 nitrogen and oxygen atoms in total. The van der Waals surface area contributed by atoms with Gasteiger partial charge < -0.3 is 10.6 Å². The van der Waals surface area contributed by atoms with Crippen LogP contribution in [0.3, 0.4) is 0 Å². The van der Waals surface area contributed by atoms with Crippen molar-refractivity contribution in [2.45, 2.75) is 53.2 Å². The fourth-order valence-electron chi connectivity index (χ4n) is 3.77. The molecule has 2 heterocycles. The molecule has 2 aromatic rings. The number of nitrogens with zero attached hydrogens (tertiary/aromatic N) is 3. The zero-order valence-corrected chi connectivity index (χ0v) is 17.4. The number of urea groups is 1. The number of hydrogen-bond acceptors (Lipinski definition) is 3. The van der Waals surface area contributed by atoms with Crippen LogP contribution in [0.15, 0.2) is 30.3 Å². The van der Waals surface area contributed by atoms with Crippen LogP contribution in [0.1, 0.15) is 42.3 Å². The molecule has 0 aliphatic carbocycles. The lowest BCUT2D eigenvalue weighted by Crippen LogP contribution is -2.38. The van der Waals surface area contributed by atoms with Crippen molar-refractivity contribution in [1.82, 2.24) is 25.3 Å². The summed E-state index contributed by atoms with van der Waals surface area (Å²) >= 11 is 0. The molecule has 28 heavy (non-hydrogen) atoms. The number of likely N-dealkylation sites (tertiary alicyclic amines) is 1. The van der Waals surface area contributed by atoms with Gasteiger partial charge in [0.2, 0.25) is 0 Å². The first kappa shape index (κ1) is 20.4. The monoisotopic (exact) mass is 383 g/mol. The average molecular weight is 384 g/mol. The number of hydrogen-bond donors (Lipinski definition) is 2. The van der Waals surface area contributed by atoms with Crippen LogP contribution < -0.4 is 10.6 Å². The number of aromatic nitrogens is 2. The number of nitrogens with one attached hydrogen (secondary N) is 2. The molecule has 1 aromatic heterocycles. The lowest BCUT2D eigenvalue weighted by Gasteiger charge is -2.16. The molecule has 1 aliphatic heterocycles. The summed E-state index contributed by atoms with van der Waals surface area (Å²) in [6.45, 7) is 11.6. The summed E-state index contributed by atoms with van der Waals surface area (Å²) in [6, 6.07) is 10.5. The predicted molar refractivity (Wildman–Crippen MR) is 112 cm³/mol. The molecular formula is C22H33N5O. The van der Waals surface area contributed by atoms with Gasteiger partial charge in [-0.25, -0.2) is 4.79 Å². The Labute approximate surface area is 168 Å². The molecule has 0 bridgehead atoms. The SMILES string of the molecule is Cc1cc(C)n(CC(C)CNC(=O)NCc2cccc(CN3CCCC3)c2)n1. The van der Waals surface area contributed by atoms with Gasteiger partial charge in [0.15, 0.2) is 0 Å². The van der Waals surface area contributed by atoms with Crippen LogP contribution >= 0.6 is 0 Å². The molecule has 0 radical (unpaired) electrons. The van der Waals surface area contributed by atoms with Crippen molar-refractivity contribution in [3.8, 4) is 0 Å². The van der Waals surface area contributed by atoms with E-state index in [1.54, 1.807) is 0 Å². The largest absolute Gasteiger partial charge is 0.338 e. The summed E-state index contributed by atoms with van der Waals surface area (Å²) in [5.41, 5.74) is 4.65. The van der Waals surface area contributed by atoms with Crippen molar-refractivity contribution >= 4 is 6.03 Å². The highest BCUT2D eigenvalue weighted by Crippen LogP contribution is 2.14. The first-order chi connectivity index (χ1) is 13.5. The van der Waals surface area contributed by atoms with Crippen LogP contribution in [0.4, 0.5) is 4.79 Å². The zero-order chi connectivity index (χ0) is 19.9. The van der Waals surface area contributed by atoms with Gasteiger partial charge >= 0.3 is 6.03 Å². The van der Waals surface area contributed by atoms with Crippen LogP contribution in [0.2, 0.25) is 0 Å². The Morgan fingerprint density at radius 3 is 2.61 bits per heavy atom. The minimum Gasteiger partial charge on any atom is -0.338 e. The van der Waals surface area contributed by atoms with E-state index >= 15 is 0 Å². The smallest absolute Gasteiger partial charge is 0.315 e. The fraction of sp³-hybridized carbons (Fsp3) is 0.545. The lowest BCUT2D eigenvalue weighted by molar-refractivity contribution is 0.238. The third kappa shape index (κ3) is 6.09. The number of benzene rings is 1. The Balaban J connectivity index is 1.39. The molecule has 2 amide bonds. The van der Waals surface area contributed by atoms with Crippen molar-refractivity contribution in [1.29, 1.82) is 0 Å². The van der Waals surface area contributed by atoms with E-state index < -0.39 is 0 Å². The molecule has 1 unspecified atom stereocenters. The Morgan fingerprint density at radius 2 is 1.89 bits per heavy atom. The molecule has 0 saturated carbocycles. The van der Waals surface area contributed by atoms with Crippen molar-refractivity contribution in [2.75, 3.05) is 19.6 Å². The van der Waals surface area contributed by atoms with E-state index in [9.17, 15) is 4.79 Å². The molecule has 1 saturated heterocycles. The fourth-order valence-corrected chi connectivity index (χ4v) is 3.77. The predicted octanol–water partition coefficient (Wildman–Crippen LogP) is 3.23. The number of carbonyl (C=O) groups is 1. The third-order valence-electron chi connectivity index (χ3n) is 5.25. The third-order valence-corrected chi connectivity index (χ3v) is 5.25. The highest BCUT2D eigenvalue weighted by molar-refractivity contribution is 5.73. The van der Waals surface area contributed by atoms with Gasteiger partial charge in [-0.2, -0.15) is 5.10 Å². The molecule has 2 N–H and O–H groups in total. The molecule has 0 spiro atoms. The number of amides is 2. The second kappa shape index (κ2) is 9.73. The first-order valence-corrected chi connectivity index (χ1v) is 10.3. The summed E-state index contributed by atoms with van der Waals surface area (Å²) in [6.07, 6.45) is 2.61. The maximum absolute atomic E-state index is 12.2. The molecule has 152 valence electrons. The summed E-state index contributed by atoms with van der Waals surface area (Å²) in [5, 5.41) is 10.4. The van der Waals surface area contributed by atoms with Crippen LogP contribution in [-0.2, 0) is 19.6 Å². The van der Waals surface area contributed by atoms with Gasteiger partial charge in [0.05, 0.1) is 5.69 Å². The molecule has 6 heteroatoms. The van der Waals surface area contributed by atoms with Gasteiger partial charge in [-0.3, -0.25) is 9.58 Å². The van der Waals surface area contributed by atoms with E-state index in [4.69, 9.17) is 0 Å². The van der Waals surface area contributed by atoms with Crippen molar-refractivity contribution < 1.29 is 4.79 Å². The van der Waals surface area contributed by atoms with Crippen LogP contribution in [0, 0.1) is 19.8 Å². The first-order valence-electron chi connectivity index (χ1n) is 10.3. The van der Waals surface area contributed by atoms with Crippen molar-refractivity contribution in [3.63, 3.8) is 0 Å². The minimum atomic E-state index is -0.120. The summed E-state index contributed by atoms with van der Waals surface area (Å²) in [7, 11) is 0. The maximum atomic E-state index is 12.2. The van der Waals surface area contributed by atoms with Gasteiger partial charge in [-0.05, 0) is 62.9 Å². The van der Waals surface area contributed by atoms with Gasteiger partial charge in [-0.1, -0.05) is 31.2 Å². The van der Waals surface area contributed by atoms with E-state index in [0.717, 1.165) is 30.0 Å². The standard InChI is InChI=1S/C22H33N5O/c1-17(15-27-19(3)11-18(2)25-27)13-23-22(28)24-14-20-7-6-8-21(12-20)16-26-9-4-5-10-26/h6-8,11-12,17H,4-5,9-10,13-16H2,1-3H3,(H2,23,24,28). The Morgan fingerprint density at radius 1 is 1.14 bits per heavy atom. The van der Waals surface area contributed by atoms with Crippen LogP contribution in [-0.4, -0.2) is 40.3 Å². The van der Waals surface area contributed by atoms with E-state index in [-0.39, 0.29) is 6.03 Å². The molecule has 1 fully saturated rings. The van der Waals surface area contributed by atoms with Gasteiger partial charge in [0, 0.05) is 31.9 Å². The Kier molecular flexibility index (Phi) is 7.09. The van der Waals surface area contributed by atoms with Crippen molar-refractivity contribution in [3.05, 3.63) is 52.8 Å². The van der Waals surface area contributed by atoms with Gasteiger partial charge in [0.1, 0.15) is 0 Å². The maximum Gasteiger partial charge on any atom is 0.315 e. The number of carbonyl (C=O) groups excluding carboxylic acids is 1. The highest BCUT2D eigenvalue weighted by atomic mass is 16.2. The normalized spacial score (nSPS) is 15.5. The van der Waals surface area contributed by atoms with E-state index in [2.05, 4.69) is 64.8 Å². The molecule has 1 aliphatic rings. The Bertz CT molecular complexity index is 779. The number of rotatable bonds is 8. The highest BCUT2D eigenvalue weighted by Gasteiger charge is 2.12.